The molecule has 2 heterocycles. The van der Waals surface area contributed by atoms with Crippen LogP contribution in [0.2, 0.25) is 0 Å². The van der Waals surface area contributed by atoms with Crippen LogP contribution in [0.25, 0.3) is 22.5 Å². The smallest absolute Gasteiger partial charge is 0.355 e. The summed E-state index contributed by atoms with van der Waals surface area (Å²) in [6.07, 6.45) is -0.329. The summed E-state index contributed by atoms with van der Waals surface area (Å²) in [4.78, 5) is 31.0. The predicted molar refractivity (Wildman–Crippen MR) is 162 cm³/mol. The number of alkyl halides is 3. The summed E-state index contributed by atoms with van der Waals surface area (Å²) >= 11 is 0. The molecule has 4 rings (SSSR count). The second-order valence-electron chi connectivity index (χ2n) is 10.2. The molecule has 0 atom stereocenters. The van der Waals surface area contributed by atoms with Gasteiger partial charge in [0, 0.05) is 55.1 Å². The van der Waals surface area contributed by atoms with Crippen molar-refractivity contribution in [1.29, 1.82) is 5.26 Å². The number of nitrogens with zero attached hydrogens (tertiary/aromatic N) is 5. The van der Waals surface area contributed by atoms with Gasteiger partial charge in [0.05, 0.1) is 17.2 Å². The van der Waals surface area contributed by atoms with Crippen molar-refractivity contribution in [3.05, 3.63) is 83.1 Å². The highest BCUT2D eigenvalue weighted by atomic mass is 19.4. The number of fused-ring (bicyclic) bond motifs is 1. The van der Waals surface area contributed by atoms with E-state index in [9.17, 15) is 22.8 Å². The van der Waals surface area contributed by atoms with Gasteiger partial charge in [-0.1, -0.05) is 25.1 Å². The van der Waals surface area contributed by atoms with Crippen molar-refractivity contribution in [2.75, 3.05) is 24.2 Å². The average molecular weight is 604 g/mol. The number of carbonyl (C=O) groups excluding carboxylic acids is 2. The largest absolute Gasteiger partial charge is 0.416 e. The number of rotatable bonds is 10. The number of allylic oxidation sites excluding steroid dienone is 1. The Morgan fingerprint density at radius 3 is 2.48 bits per heavy atom. The molecule has 0 spiro atoms. The lowest BCUT2D eigenvalue weighted by molar-refractivity contribution is -0.137. The summed E-state index contributed by atoms with van der Waals surface area (Å²) in [5.41, 5.74) is 3.19. The molecule has 2 amide bonds. The maximum atomic E-state index is 13.7. The number of amides is 2. The number of nitrogens with one attached hydrogen (secondary N) is 2. The maximum absolute atomic E-state index is 13.7. The van der Waals surface area contributed by atoms with Crippen molar-refractivity contribution in [3.63, 3.8) is 0 Å². The number of halogens is 3. The van der Waals surface area contributed by atoms with Gasteiger partial charge >= 0.3 is 6.18 Å². The van der Waals surface area contributed by atoms with E-state index >= 15 is 0 Å². The minimum Gasteiger partial charge on any atom is -0.355 e. The first-order chi connectivity index (χ1) is 20.9. The van der Waals surface area contributed by atoms with Gasteiger partial charge in [-0.15, -0.1) is 5.10 Å². The minimum absolute atomic E-state index is 0.0140. The molecule has 9 nitrogen and oxygen atoms in total. The fraction of sp³-hybridized carbons (Fsp3) is 0.281. The van der Waals surface area contributed by atoms with Crippen molar-refractivity contribution < 1.29 is 22.8 Å². The molecule has 0 saturated carbocycles. The van der Waals surface area contributed by atoms with E-state index in [0.717, 1.165) is 18.6 Å². The summed E-state index contributed by atoms with van der Waals surface area (Å²) in [6, 6.07) is 13.9. The number of hydrogen-bond donors (Lipinski definition) is 2. The molecule has 228 valence electrons. The number of pyridine rings is 1. The normalized spacial score (nSPS) is 11.7. The third kappa shape index (κ3) is 7.23. The van der Waals surface area contributed by atoms with Gasteiger partial charge in [-0.05, 0) is 67.8 Å². The molecule has 0 aliphatic carbocycles. The van der Waals surface area contributed by atoms with E-state index < -0.39 is 17.6 Å². The predicted octanol–water partition coefficient (Wildman–Crippen LogP) is 6.66. The lowest BCUT2D eigenvalue weighted by Gasteiger charge is -2.18. The van der Waals surface area contributed by atoms with Gasteiger partial charge in [-0.2, -0.15) is 23.4 Å². The summed E-state index contributed by atoms with van der Waals surface area (Å²) in [7, 11) is 1.68. The summed E-state index contributed by atoms with van der Waals surface area (Å²) in [5.74, 6) is -0.671. The lowest BCUT2D eigenvalue weighted by Crippen LogP contribution is -2.28. The van der Waals surface area contributed by atoms with E-state index in [1.807, 2.05) is 19.9 Å². The Hall–Kier alpha value is -5.18. The van der Waals surface area contributed by atoms with Crippen LogP contribution in [-0.2, 0) is 15.8 Å². The molecule has 44 heavy (non-hydrogen) atoms. The zero-order valence-electron chi connectivity index (χ0n) is 24.8. The molecule has 0 radical (unpaired) electrons. The van der Waals surface area contributed by atoms with Crippen molar-refractivity contribution in [1.82, 2.24) is 19.5 Å². The van der Waals surface area contributed by atoms with Gasteiger partial charge in [-0.3, -0.25) is 14.9 Å². The molecule has 2 N–H and O–H groups in total. The quantitative estimate of drug-likeness (QED) is 0.210. The van der Waals surface area contributed by atoms with Crippen molar-refractivity contribution >= 4 is 34.8 Å². The van der Waals surface area contributed by atoms with Crippen LogP contribution >= 0.6 is 0 Å². The molecule has 0 saturated heterocycles. The Morgan fingerprint density at radius 1 is 1.11 bits per heavy atom. The highest BCUT2D eigenvalue weighted by molar-refractivity contribution is 5.93. The second kappa shape index (κ2) is 13.4. The molecule has 0 aliphatic heterocycles. The van der Waals surface area contributed by atoms with Crippen LogP contribution < -0.4 is 10.6 Å². The number of nitriles is 1. The van der Waals surface area contributed by atoms with Gasteiger partial charge < -0.3 is 10.2 Å². The van der Waals surface area contributed by atoms with Crippen LogP contribution in [0.4, 0.5) is 24.8 Å². The Kier molecular flexibility index (Phi) is 9.68. The second-order valence-corrected chi connectivity index (χ2v) is 10.2. The number of benzene rings is 2. The molecule has 0 unspecified atom stereocenters. The third-order valence-electron chi connectivity index (χ3n) is 7.04. The van der Waals surface area contributed by atoms with Crippen LogP contribution in [-0.4, -0.2) is 44.9 Å². The summed E-state index contributed by atoms with van der Waals surface area (Å²) in [5, 5.41) is 19.5. The van der Waals surface area contributed by atoms with Crippen LogP contribution in [0.3, 0.4) is 0 Å². The fourth-order valence-electron chi connectivity index (χ4n) is 4.76. The molecule has 2 aromatic carbocycles. The minimum atomic E-state index is -4.56. The standard InChI is InChI=1S/C32H32F3N7O2/c1-5-16-41(4)28(44)15-14-27(43)38-31-39-30-29(22-8-7-9-23(17-22)32(33,34)35)20(3)25(19-42(30)40-31)26(6-2)37-24-12-10-21(18-36)11-13-24/h6-13,17,19,37H,5,14-16H2,1-4H3,(H,38,40,43)/b26-6-. The van der Waals surface area contributed by atoms with Crippen molar-refractivity contribution in [3.8, 4) is 17.2 Å². The SMILES string of the molecule is C/C=C(\Nc1ccc(C#N)cc1)c1cn2nc(NC(=O)CCC(=O)N(C)CCC)nc2c(-c2cccc(C(F)(F)F)c2)c1C. The zero-order chi connectivity index (χ0) is 32.0. The Balaban J connectivity index is 1.76. The summed E-state index contributed by atoms with van der Waals surface area (Å²) in [6.45, 7) is 6.13. The molecular weight excluding hydrogens is 571 g/mol. The first kappa shape index (κ1) is 31.7. The number of hydrogen-bond acceptors (Lipinski definition) is 6. The lowest BCUT2D eigenvalue weighted by atomic mass is 9.95. The van der Waals surface area contributed by atoms with E-state index in [0.29, 0.717) is 40.2 Å². The van der Waals surface area contributed by atoms with E-state index in [1.54, 1.807) is 55.4 Å². The Bertz CT molecular complexity index is 1750. The number of anilines is 2. The molecule has 4 aromatic rings. The molecule has 0 fully saturated rings. The topological polar surface area (TPSA) is 115 Å². The van der Waals surface area contributed by atoms with Crippen LogP contribution in [0.15, 0.2) is 60.8 Å². The monoisotopic (exact) mass is 603 g/mol. The van der Waals surface area contributed by atoms with Crippen molar-refractivity contribution in [2.24, 2.45) is 0 Å². The third-order valence-corrected chi connectivity index (χ3v) is 7.04. The first-order valence-electron chi connectivity index (χ1n) is 14.0. The molecule has 2 aromatic heterocycles. The van der Waals surface area contributed by atoms with Gasteiger partial charge in [0.2, 0.25) is 17.8 Å². The van der Waals surface area contributed by atoms with Crippen LogP contribution in [0.5, 0.6) is 0 Å². The van der Waals surface area contributed by atoms with E-state index in [1.165, 1.54) is 10.6 Å². The van der Waals surface area contributed by atoms with Gasteiger partial charge in [0.15, 0.2) is 5.65 Å². The van der Waals surface area contributed by atoms with Gasteiger partial charge in [0.1, 0.15) is 0 Å². The first-order valence-corrected chi connectivity index (χ1v) is 14.0. The fourth-order valence-corrected chi connectivity index (χ4v) is 4.76. The Labute approximate surface area is 253 Å². The summed E-state index contributed by atoms with van der Waals surface area (Å²) < 4.78 is 42.5. The van der Waals surface area contributed by atoms with E-state index in [2.05, 4.69) is 26.8 Å². The highest BCUT2D eigenvalue weighted by Gasteiger charge is 2.31. The average Bonchev–Trinajstić information content (AvgIpc) is 3.40. The Morgan fingerprint density at radius 2 is 1.84 bits per heavy atom. The molecular formula is C32H32F3N7O2. The van der Waals surface area contributed by atoms with Crippen molar-refractivity contribution in [2.45, 2.75) is 46.2 Å². The zero-order valence-corrected chi connectivity index (χ0v) is 24.8. The molecule has 0 aliphatic rings. The number of aromatic nitrogens is 3. The highest BCUT2D eigenvalue weighted by Crippen LogP contribution is 2.37. The van der Waals surface area contributed by atoms with E-state index in [-0.39, 0.29) is 35.9 Å². The molecule has 0 bridgehead atoms. The number of carbonyl (C=O) groups is 2. The molecule has 12 heteroatoms. The van der Waals surface area contributed by atoms with Gasteiger partial charge in [0.25, 0.3) is 0 Å². The van der Waals surface area contributed by atoms with Crippen LogP contribution in [0.1, 0.15) is 55.4 Å². The van der Waals surface area contributed by atoms with Gasteiger partial charge in [-0.25, -0.2) is 4.52 Å². The van der Waals surface area contributed by atoms with Crippen LogP contribution in [0, 0.1) is 18.3 Å². The van der Waals surface area contributed by atoms with E-state index in [4.69, 9.17) is 5.26 Å². The maximum Gasteiger partial charge on any atom is 0.416 e.